The van der Waals surface area contributed by atoms with E-state index in [9.17, 15) is 0 Å². The lowest BCUT2D eigenvalue weighted by molar-refractivity contribution is 0.298. The van der Waals surface area contributed by atoms with Crippen molar-refractivity contribution in [3.8, 4) is 0 Å². The van der Waals surface area contributed by atoms with Crippen molar-refractivity contribution in [2.75, 3.05) is 19.6 Å². The van der Waals surface area contributed by atoms with Crippen molar-refractivity contribution in [2.24, 2.45) is 0 Å². The monoisotopic (exact) mass is 208 g/mol. The minimum atomic E-state index is 0.554. The van der Waals surface area contributed by atoms with E-state index in [0.29, 0.717) is 6.04 Å². The van der Waals surface area contributed by atoms with E-state index in [-0.39, 0.29) is 0 Å². The van der Waals surface area contributed by atoms with Crippen LogP contribution in [0.3, 0.4) is 0 Å². The highest BCUT2D eigenvalue weighted by atomic mass is 15.2. The average Bonchev–Trinajstić information content (AvgIpc) is 2.86. The van der Waals surface area contributed by atoms with Crippen LogP contribution in [0.2, 0.25) is 0 Å². The van der Waals surface area contributed by atoms with Gasteiger partial charge in [-0.15, -0.1) is 0 Å². The molecular formula is C11H20N4. The zero-order valence-electron chi connectivity index (χ0n) is 9.37. The minimum absolute atomic E-state index is 0.554. The predicted octanol–water partition coefficient (Wildman–Crippen LogP) is 0.984. The fraction of sp³-hybridized carbons (Fsp3) is 0.727. The van der Waals surface area contributed by atoms with Crippen LogP contribution in [0.15, 0.2) is 12.4 Å². The fourth-order valence-corrected chi connectivity index (χ4v) is 2.08. The molecule has 0 bridgehead atoms. The van der Waals surface area contributed by atoms with E-state index >= 15 is 0 Å². The number of hydrogen-bond donors (Lipinski definition) is 2. The highest BCUT2D eigenvalue weighted by molar-refractivity contribution is 5.01. The number of nitrogens with zero attached hydrogens (tertiary/aromatic N) is 2. The van der Waals surface area contributed by atoms with Gasteiger partial charge in [0.15, 0.2) is 0 Å². The number of aromatic nitrogens is 2. The summed E-state index contributed by atoms with van der Waals surface area (Å²) in [5.74, 6) is 0. The molecule has 1 aromatic rings. The molecule has 4 nitrogen and oxygen atoms in total. The third kappa shape index (κ3) is 3.32. The maximum atomic E-state index is 3.93. The molecule has 2 rings (SSSR count). The van der Waals surface area contributed by atoms with Crippen LogP contribution in [-0.4, -0.2) is 40.8 Å². The molecule has 1 unspecified atom stereocenters. The second-order valence-corrected chi connectivity index (χ2v) is 4.40. The van der Waals surface area contributed by atoms with Gasteiger partial charge in [-0.3, -0.25) is 5.10 Å². The third-order valence-corrected chi connectivity index (χ3v) is 2.94. The van der Waals surface area contributed by atoms with Gasteiger partial charge in [0.2, 0.25) is 0 Å². The Balaban J connectivity index is 1.66. The van der Waals surface area contributed by atoms with E-state index in [2.05, 4.69) is 27.3 Å². The summed E-state index contributed by atoms with van der Waals surface area (Å²) in [6.45, 7) is 6.87. The van der Waals surface area contributed by atoms with Gasteiger partial charge >= 0.3 is 0 Å². The molecule has 0 spiro atoms. The number of hydrogen-bond acceptors (Lipinski definition) is 3. The lowest BCUT2D eigenvalue weighted by Crippen LogP contribution is -2.37. The normalized spacial score (nSPS) is 19.5. The smallest absolute Gasteiger partial charge is 0.0532 e. The zero-order chi connectivity index (χ0) is 10.5. The van der Waals surface area contributed by atoms with Gasteiger partial charge in [-0.1, -0.05) is 0 Å². The van der Waals surface area contributed by atoms with Gasteiger partial charge in [0.1, 0.15) is 0 Å². The Kier molecular flexibility index (Phi) is 3.75. The number of aromatic amines is 1. The van der Waals surface area contributed by atoms with Crippen molar-refractivity contribution >= 4 is 0 Å². The Hall–Kier alpha value is -0.870. The second kappa shape index (κ2) is 5.28. The van der Waals surface area contributed by atoms with Crippen LogP contribution in [0.5, 0.6) is 0 Å². The summed E-state index contributed by atoms with van der Waals surface area (Å²) < 4.78 is 0. The van der Waals surface area contributed by atoms with E-state index in [1.165, 1.54) is 31.5 Å². The van der Waals surface area contributed by atoms with E-state index in [0.717, 1.165) is 13.1 Å². The first-order valence-corrected chi connectivity index (χ1v) is 5.78. The second-order valence-electron chi connectivity index (χ2n) is 4.40. The van der Waals surface area contributed by atoms with Gasteiger partial charge in [0, 0.05) is 30.9 Å². The van der Waals surface area contributed by atoms with Crippen molar-refractivity contribution in [1.82, 2.24) is 20.4 Å². The molecular weight excluding hydrogens is 188 g/mol. The van der Waals surface area contributed by atoms with Crippen LogP contribution in [0.1, 0.15) is 25.3 Å². The molecule has 1 atom stereocenters. The molecule has 1 aliphatic heterocycles. The first-order valence-electron chi connectivity index (χ1n) is 5.78. The summed E-state index contributed by atoms with van der Waals surface area (Å²) >= 11 is 0. The van der Waals surface area contributed by atoms with Gasteiger partial charge in [-0.05, 0) is 32.9 Å². The van der Waals surface area contributed by atoms with Crippen molar-refractivity contribution < 1.29 is 0 Å². The Morgan fingerprint density at radius 2 is 2.33 bits per heavy atom. The molecule has 1 fully saturated rings. The van der Waals surface area contributed by atoms with E-state index < -0.39 is 0 Å². The quantitative estimate of drug-likeness (QED) is 0.758. The first-order chi connectivity index (χ1) is 7.34. The van der Waals surface area contributed by atoms with Gasteiger partial charge in [-0.2, -0.15) is 5.10 Å². The van der Waals surface area contributed by atoms with E-state index in [1.807, 2.05) is 12.4 Å². The third-order valence-electron chi connectivity index (χ3n) is 2.94. The first kappa shape index (κ1) is 10.6. The summed E-state index contributed by atoms with van der Waals surface area (Å²) in [5, 5.41) is 10.3. The van der Waals surface area contributed by atoms with Crippen LogP contribution < -0.4 is 5.32 Å². The molecule has 4 heteroatoms. The number of rotatable bonds is 5. The predicted molar refractivity (Wildman–Crippen MR) is 60.6 cm³/mol. The SMILES string of the molecule is CC(CN1CCCC1)NCc1cn[nH]c1. The van der Waals surface area contributed by atoms with Crippen LogP contribution in [0.4, 0.5) is 0 Å². The van der Waals surface area contributed by atoms with Gasteiger partial charge < -0.3 is 10.2 Å². The molecule has 0 radical (unpaired) electrons. The molecule has 1 saturated heterocycles. The average molecular weight is 208 g/mol. The summed E-state index contributed by atoms with van der Waals surface area (Å²) in [6, 6.07) is 0.554. The van der Waals surface area contributed by atoms with Crippen LogP contribution in [0, 0.1) is 0 Å². The molecule has 0 saturated carbocycles. The molecule has 2 heterocycles. The molecule has 84 valence electrons. The summed E-state index contributed by atoms with van der Waals surface area (Å²) in [6.07, 6.45) is 6.55. The van der Waals surface area contributed by atoms with E-state index in [1.54, 1.807) is 0 Å². The maximum absolute atomic E-state index is 3.93. The minimum Gasteiger partial charge on any atom is -0.309 e. The summed E-state index contributed by atoms with van der Waals surface area (Å²) in [5.41, 5.74) is 1.23. The van der Waals surface area contributed by atoms with Crippen LogP contribution in [0.25, 0.3) is 0 Å². The van der Waals surface area contributed by atoms with Crippen LogP contribution in [-0.2, 0) is 6.54 Å². The molecule has 0 aliphatic carbocycles. The summed E-state index contributed by atoms with van der Waals surface area (Å²) in [7, 11) is 0. The standard InChI is InChI=1S/C11H20N4/c1-10(9-15-4-2-3-5-15)12-6-11-7-13-14-8-11/h7-8,10,12H,2-6,9H2,1H3,(H,13,14). The van der Waals surface area contributed by atoms with Crippen molar-refractivity contribution in [3.63, 3.8) is 0 Å². The number of likely N-dealkylation sites (tertiary alicyclic amines) is 1. The zero-order valence-corrected chi connectivity index (χ0v) is 9.37. The van der Waals surface area contributed by atoms with Gasteiger partial charge in [-0.25, -0.2) is 0 Å². The van der Waals surface area contributed by atoms with Crippen molar-refractivity contribution in [1.29, 1.82) is 0 Å². The van der Waals surface area contributed by atoms with Crippen molar-refractivity contribution in [3.05, 3.63) is 18.0 Å². The Labute approximate surface area is 91.1 Å². The van der Waals surface area contributed by atoms with Crippen LogP contribution >= 0.6 is 0 Å². The topological polar surface area (TPSA) is 44.0 Å². The molecule has 0 amide bonds. The Morgan fingerprint density at radius 1 is 1.53 bits per heavy atom. The number of H-pyrrole nitrogens is 1. The highest BCUT2D eigenvalue weighted by Gasteiger charge is 2.13. The molecule has 0 aromatic carbocycles. The largest absolute Gasteiger partial charge is 0.309 e. The van der Waals surface area contributed by atoms with Gasteiger partial charge in [0.25, 0.3) is 0 Å². The molecule has 15 heavy (non-hydrogen) atoms. The van der Waals surface area contributed by atoms with E-state index in [4.69, 9.17) is 0 Å². The Bertz CT molecular complexity index is 264. The van der Waals surface area contributed by atoms with Crippen molar-refractivity contribution in [2.45, 2.75) is 32.4 Å². The molecule has 2 N–H and O–H groups in total. The van der Waals surface area contributed by atoms with Gasteiger partial charge in [0.05, 0.1) is 6.20 Å². The molecule has 1 aromatic heterocycles. The lowest BCUT2D eigenvalue weighted by Gasteiger charge is -2.20. The fourth-order valence-electron chi connectivity index (χ4n) is 2.08. The Morgan fingerprint density at radius 3 is 3.00 bits per heavy atom. The highest BCUT2D eigenvalue weighted by Crippen LogP contribution is 2.07. The maximum Gasteiger partial charge on any atom is 0.0532 e. The lowest BCUT2D eigenvalue weighted by atomic mass is 10.3. The summed E-state index contributed by atoms with van der Waals surface area (Å²) in [4.78, 5) is 2.53. The number of nitrogens with one attached hydrogen (secondary N) is 2. The molecule has 1 aliphatic rings.